The van der Waals surface area contributed by atoms with Crippen molar-refractivity contribution in [2.75, 3.05) is 32.1 Å². The van der Waals surface area contributed by atoms with Gasteiger partial charge in [-0.2, -0.15) is 0 Å². The molecule has 0 spiro atoms. The second-order valence-electron chi connectivity index (χ2n) is 8.67. The first-order chi connectivity index (χ1) is 16.6. The highest BCUT2D eigenvalue weighted by molar-refractivity contribution is 5.93. The van der Waals surface area contributed by atoms with Gasteiger partial charge in [0, 0.05) is 18.2 Å². The van der Waals surface area contributed by atoms with E-state index in [1.807, 2.05) is 18.2 Å². The molecule has 7 nitrogen and oxygen atoms in total. The van der Waals surface area contributed by atoms with E-state index in [1.54, 1.807) is 41.2 Å². The molecule has 34 heavy (non-hydrogen) atoms. The van der Waals surface area contributed by atoms with Crippen LogP contribution in [0.5, 0.6) is 5.75 Å². The van der Waals surface area contributed by atoms with Crippen LogP contribution < -0.4 is 10.1 Å². The predicted octanol–water partition coefficient (Wildman–Crippen LogP) is 3.57. The van der Waals surface area contributed by atoms with Gasteiger partial charge in [0.2, 0.25) is 5.91 Å². The Bertz CT molecular complexity index is 1160. The maximum absolute atomic E-state index is 12.9. The van der Waals surface area contributed by atoms with E-state index in [1.165, 1.54) is 0 Å². The first-order valence-corrected chi connectivity index (χ1v) is 11.4. The molecular weight excluding hydrogens is 430 g/mol. The largest absolute Gasteiger partial charge is 0.497 e. The van der Waals surface area contributed by atoms with Crippen LogP contribution in [0.3, 0.4) is 0 Å². The third kappa shape index (κ3) is 3.99. The van der Waals surface area contributed by atoms with Crippen molar-refractivity contribution in [1.29, 1.82) is 0 Å². The van der Waals surface area contributed by atoms with Gasteiger partial charge in [-0.15, -0.1) is 0 Å². The molecule has 174 valence electrons. The molecule has 2 saturated heterocycles. The lowest BCUT2D eigenvalue weighted by Crippen LogP contribution is -2.73. The van der Waals surface area contributed by atoms with Crippen molar-refractivity contribution in [3.05, 3.63) is 84.4 Å². The van der Waals surface area contributed by atoms with Gasteiger partial charge < -0.3 is 25.0 Å². The van der Waals surface area contributed by atoms with E-state index in [0.29, 0.717) is 18.0 Å². The first kappa shape index (κ1) is 22.0. The lowest BCUT2D eigenvalue weighted by Gasteiger charge is -2.58. The van der Waals surface area contributed by atoms with Crippen molar-refractivity contribution >= 4 is 17.6 Å². The number of piperazine rings is 1. The molecule has 3 atom stereocenters. The van der Waals surface area contributed by atoms with Gasteiger partial charge in [-0.25, -0.2) is 4.79 Å². The second-order valence-corrected chi connectivity index (χ2v) is 8.67. The molecular formula is C27H27N3O4. The molecule has 2 heterocycles. The number of ether oxygens (including phenoxy) is 1. The van der Waals surface area contributed by atoms with Crippen LogP contribution in [0.25, 0.3) is 11.1 Å². The topological polar surface area (TPSA) is 82.1 Å². The van der Waals surface area contributed by atoms with Gasteiger partial charge in [0.1, 0.15) is 12.3 Å². The van der Waals surface area contributed by atoms with Crippen LogP contribution in [-0.2, 0) is 4.79 Å². The monoisotopic (exact) mass is 457 g/mol. The zero-order chi connectivity index (χ0) is 23.7. The standard InChI is InChI=1S/C27H27N3O4/c1-34-22-13-11-21(12-14-22)28-27(33)29-15-23-26(24(17-31)30(23)25(32)16-29)20-9-7-19(8-10-20)18-5-3-2-4-6-18/h2-14,23-24,26,31H,15-17H2,1H3,(H,28,33)/t23-,24+,26-/m1/s1. The average Bonchev–Trinajstić information content (AvgIpc) is 2.86. The lowest BCUT2D eigenvalue weighted by molar-refractivity contribution is -0.159. The van der Waals surface area contributed by atoms with Crippen LogP contribution in [0.1, 0.15) is 11.5 Å². The summed E-state index contributed by atoms with van der Waals surface area (Å²) in [5, 5.41) is 12.9. The van der Waals surface area contributed by atoms with E-state index in [-0.39, 0.29) is 43.1 Å². The molecule has 0 radical (unpaired) electrons. The fourth-order valence-corrected chi connectivity index (χ4v) is 5.06. The number of hydrogen-bond acceptors (Lipinski definition) is 4. The quantitative estimate of drug-likeness (QED) is 0.614. The molecule has 2 aliphatic heterocycles. The highest BCUT2D eigenvalue weighted by Gasteiger charge is 2.54. The number of hydrogen-bond donors (Lipinski definition) is 2. The molecule has 0 bridgehead atoms. The Balaban J connectivity index is 1.32. The zero-order valence-electron chi connectivity index (χ0n) is 18.9. The average molecular weight is 458 g/mol. The van der Waals surface area contributed by atoms with Crippen molar-refractivity contribution in [3.8, 4) is 16.9 Å². The number of aliphatic hydroxyl groups excluding tert-OH is 1. The number of carbonyl (C=O) groups excluding carboxylic acids is 2. The maximum Gasteiger partial charge on any atom is 0.322 e. The van der Waals surface area contributed by atoms with Gasteiger partial charge in [-0.1, -0.05) is 54.6 Å². The second kappa shape index (κ2) is 9.19. The number of fused-ring (bicyclic) bond motifs is 1. The number of anilines is 1. The third-order valence-corrected chi connectivity index (χ3v) is 6.78. The van der Waals surface area contributed by atoms with Crippen molar-refractivity contribution in [2.24, 2.45) is 0 Å². The molecule has 5 rings (SSSR count). The number of benzene rings is 3. The Morgan fingerprint density at radius 1 is 1.00 bits per heavy atom. The predicted molar refractivity (Wildman–Crippen MR) is 130 cm³/mol. The summed E-state index contributed by atoms with van der Waals surface area (Å²) in [6.45, 7) is 0.301. The molecule has 0 saturated carbocycles. The van der Waals surface area contributed by atoms with Crippen LogP contribution in [0.15, 0.2) is 78.9 Å². The summed E-state index contributed by atoms with van der Waals surface area (Å²) in [7, 11) is 1.59. The van der Waals surface area contributed by atoms with Crippen LogP contribution in [0, 0.1) is 0 Å². The van der Waals surface area contributed by atoms with Crippen LogP contribution >= 0.6 is 0 Å². The third-order valence-electron chi connectivity index (χ3n) is 6.78. The highest BCUT2D eigenvalue weighted by Crippen LogP contribution is 2.43. The Labute approximate surface area is 198 Å². The zero-order valence-corrected chi connectivity index (χ0v) is 18.9. The molecule has 2 aliphatic rings. The van der Waals surface area contributed by atoms with E-state index >= 15 is 0 Å². The summed E-state index contributed by atoms with van der Waals surface area (Å²) in [4.78, 5) is 29.1. The Morgan fingerprint density at radius 3 is 2.32 bits per heavy atom. The van der Waals surface area contributed by atoms with E-state index in [4.69, 9.17) is 4.74 Å². The Kier molecular flexibility index (Phi) is 5.94. The minimum Gasteiger partial charge on any atom is -0.497 e. The number of methoxy groups -OCH3 is 1. The number of nitrogens with one attached hydrogen (secondary N) is 1. The SMILES string of the molecule is COc1ccc(NC(=O)N2CC(=O)N3[C@H](C2)[C@@H](c2ccc(-c4ccccc4)cc2)[C@@H]3CO)cc1. The Hall–Kier alpha value is -3.84. The van der Waals surface area contributed by atoms with Gasteiger partial charge in [-0.05, 0) is 41.0 Å². The van der Waals surface area contributed by atoms with Crippen LogP contribution in [0.4, 0.5) is 10.5 Å². The molecule has 3 amide bonds. The summed E-state index contributed by atoms with van der Waals surface area (Å²) in [5.74, 6) is 0.528. The summed E-state index contributed by atoms with van der Waals surface area (Å²) >= 11 is 0. The number of nitrogens with zero attached hydrogens (tertiary/aromatic N) is 2. The molecule has 0 aromatic heterocycles. The van der Waals surface area contributed by atoms with Crippen molar-refractivity contribution in [2.45, 2.75) is 18.0 Å². The number of amides is 3. The summed E-state index contributed by atoms with van der Waals surface area (Å²) in [6, 6.07) is 24.7. The summed E-state index contributed by atoms with van der Waals surface area (Å²) in [6.07, 6.45) is 0. The van der Waals surface area contributed by atoms with Crippen molar-refractivity contribution in [1.82, 2.24) is 9.80 Å². The maximum atomic E-state index is 12.9. The summed E-state index contributed by atoms with van der Waals surface area (Å²) in [5.41, 5.74) is 3.94. The molecule has 0 aliphatic carbocycles. The normalized spacial score (nSPS) is 21.5. The fourth-order valence-electron chi connectivity index (χ4n) is 5.06. The van der Waals surface area contributed by atoms with Gasteiger partial charge in [0.05, 0.1) is 25.8 Å². The number of rotatable bonds is 5. The molecule has 3 aromatic rings. The van der Waals surface area contributed by atoms with Gasteiger partial charge in [0.25, 0.3) is 0 Å². The molecule has 0 unspecified atom stereocenters. The first-order valence-electron chi connectivity index (χ1n) is 11.4. The minimum atomic E-state index is -0.316. The van der Waals surface area contributed by atoms with E-state index in [0.717, 1.165) is 16.7 Å². The molecule has 7 heteroatoms. The highest BCUT2D eigenvalue weighted by atomic mass is 16.5. The van der Waals surface area contributed by atoms with Crippen molar-refractivity contribution in [3.63, 3.8) is 0 Å². The van der Waals surface area contributed by atoms with Gasteiger partial charge >= 0.3 is 6.03 Å². The smallest absolute Gasteiger partial charge is 0.322 e. The minimum absolute atomic E-state index is 0.00530. The van der Waals surface area contributed by atoms with E-state index in [2.05, 4.69) is 41.7 Å². The molecule has 2 fully saturated rings. The number of aliphatic hydroxyl groups is 1. The number of carbonyl (C=O) groups is 2. The van der Waals surface area contributed by atoms with Gasteiger partial charge in [0.15, 0.2) is 0 Å². The van der Waals surface area contributed by atoms with Crippen LogP contribution in [0.2, 0.25) is 0 Å². The van der Waals surface area contributed by atoms with E-state index < -0.39 is 0 Å². The molecule has 2 N–H and O–H groups in total. The Morgan fingerprint density at radius 2 is 1.68 bits per heavy atom. The fraction of sp³-hybridized carbons (Fsp3) is 0.259. The van der Waals surface area contributed by atoms with Gasteiger partial charge in [-0.3, -0.25) is 4.79 Å². The molecule has 3 aromatic carbocycles. The lowest BCUT2D eigenvalue weighted by atomic mass is 9.73. The summed E-state index contributed by atoms with van der Waals surface area (Å²) < 4.78 is 5.15. The van der Waals surface area contributed by atoms with Crippen LogP contribution in [-0.4, -0.2) is 65.7 Å². The number of urea groups is 1. The van der Waals surface area contributed by atoms with E-state index in [9.17, 15) is 14.7 Å². The van der Waals surface area contributed by atoms with Crippen molar-refractivity contribution < 1.29 is 19.4 Å².